The zero-order chi connectivity index (χ0) is 24.4. The highest BCUT2D eigenvalue weighted by Gasteiger charge is 2.34. The number of anilines is 1. The molecule has 1 aromatic carbocycles. The van der Waals surface area contributed by atoms with Crippen LogP contribution in [0.3, 0.4) is 0 Å². The number of piperazine rings is 1. The number of halogens is 2. The maximum absolute atomic E-state index is 14.5. The number of pyridine rings is 1. The molecule has 0 aliphatic carbocycles. The Morgan fingerprint density at radius 2 is 2.06 bits per heavy atom. The Morgan fingerprint density at radius 1 is 1.26 bits per heavy atom. The van der Waals surface area contributed by atoms with Gasteiger partial charge in [0.05, 0.1) is 16.3 Å². The third kappa shape index (κ3) is 5.40. The molecule has 0 spiro atoms. The van der Waals surface area contributed by atoms with E-state index in [4.69, 9.17) is 16.3 Å². The minimum absolute atomic E-state index is 0.0391. The van der Waals surface area contributed by atoms with Crippen molar-refractivity contribution in [1.82, 2.24) is 14.8 Å². The quantitative estimate of drug-likeness (QED) is 0.689. The lowest BCUT2D eigenvalue weighted by Gasteiger charge is -2.41. The van der Waals surface area contributed by atoms with E-state index in [-0.39, 0.29) is 18.1 Å². The van der Waals surface area contributed by atoms with Gasteiger partial charge in [0.2, 0.25) is 0 Å². The second-order valence-electron chi connectivity index (χ2n) is 9.10. The van der Waals surface area contributed by atoms with Gasteiger partial charge in [-0.25, -0.2) is 4.39 Å². The molecule has 4 rings (SSSR count). The van der Waals surface area contributed by atoms with E-state index >= 15 is 0 Å². The first-order valence-electron chi connectivity index (χ1n) is 11.6. The zero-order valence-corrected chi connectivity index (χ0v) is 20.5. The van der Waals surface area contributed by atoms with E-state index in [2.05, 4.69) is 15.2 Å². The second kappa shape index (κ2) is 10.4. The Kier molecular flexibility index (Phi) is 7.50. The highest BCUT2D eigenvalue weighted by Crippen LogP contribution is 2.25. The highest BCUT2D eigenvalue weighted by atomic mass is 35.5. The Labute approximate surface area is 204 Å². The topological polar surface area (TPSA) is 74.8 Å². The molecule has 2 fully saturated rings. The number of nitrogens with zero attached hydrogens (tertiary/aromatic N) is 3. The number of nitrogens with one attached hydrogen (secondary N) is 1. The molecular formula is C25H30ClFN4O3. The summed E-state index contributed by atoms with van der Waals surface area (Å²) in [5, 5.41) is 3.19. The molecule has 9 heteroatoms. The van der Waals surface area contributed by atoms with Crippen LogP contribution in [0.15, 0.2) is 24.4 Å². The van der Waals surface area contributed by atoms with Crippen molar-refractivity contribution in [2.75, 3.05) is 31.6 Å². The van der Waals surface area contributed by atoms with Gasteiger partial charge in [-0.05, 0) is 62.9 Å². The number of carbonyl (C=O) groups excluding carboxylic acids is 2. The number of carbonyl (C=O) groups is 2. The zero-order valence-electron chi connectivity index (χ0n) is 19.7. The van der Waals surface area contributed by atoms with Crippen molar-refractivity contribution < 1.29 is 18.7 Å². The molecular weight excluding hydrogens is 459 g/mol. The van der Waals surface area contributed by atoms with Crippen LogP contribution in [-0.4, -0.2) is 65.0 Å². The van der Waals surface area contributed by atoms with E-state index in [1.807, 2.05) is 18.7 Å². The predicted molar refractivity (Wildman–Crippen MR) is 129 cm³/mol. The molecule has 1 aromatic heterocycles. The van der Waals surface area contributed by atoms with Crippen molar-refractivity contribution in [2.45, 2.75) is 52.3 Å². The summed E-state index contributed by atoms with van der Waals surface area (Å²) in [7, 11) is 0. The number of benzene rings is 1. The molecule has 34 heavy (non-hydrogen) atoms. The summed E-state index contributed by atoms with van der Waals surface area (Å²) in [5.41, 5.74) is 2.95. The molecule has 182 valence electrons. The van der Waals surface area contributed by atoms with Crippen LogP contribution < -0.4 is 5.32 Å². The lowest BCUT2D eigenvalue weighted by molar-refractivity contribution is -0.145. The van der Waals surface area contributed by atoms with Crippen LogP contribution in [0.1, 0.15) is 46.9 Å². The second-order valence-corrected chi connectivity index (χ2v) is 9.51. The van der Waals surface area contributed by atoms with Crippen LogP contribution in [0.4, 0.5) is 10.1 Å². The van der Waals surface area contributed by atoms with Crippen molar-refractivity contribution in [2.24, 2.45) is 0 Å². The summed E-state index contributed by atoms with van der Waals surface area (Å²) in [4.78, 5) is 33.7. The van der Waals surface area contributed by atoms with Gasteiger partial charge in [0.1, 0.15) is 11.9 Å². The maximum atomic E-state index is 14.5. The summed E-state index contributed by atoms with van der Waals surface area (Å²) >= 11 is 6.09. The first-order chi connectivity index (χ1) is 16.2. The van der Waals surface area contributed by atoms with Gasteiger partial charge in [-0.1, -0.05) is 11.6 Å². The predicted octanol–water partition coefficient (Wildman–Crippen LogP) is 3.95. The summed E-state index contributed by atoms with van der Waals surface area (Å²) in [6.45, 7) is 8.81. The van der Waals surface area contributed by atoms with Gasteiger partial charge in [-0.3, -0.25) is 19.5 Å². The summed E-state index contributed by atoms with van der Waals surface area (Å²) < 4.78 is 20.0. The molecule has 1 N–H and O–H groups in total. The van der Waals surface area contributed by atoms with Gasteiger partial charge in [0.15, 0.2) is 0 Å². The van der Waals surface area contributed by atoms with Crippen molar-refractivity contribution in [3.05, 3.63) is 57.6 Å². The molecule has 2 aliphatic heterocycles. The third-order valence-electron chi connectivity index (χ3n) is 6.61. The van der Waals surface area contributed by atoms with Gasteiger partial charge < -0.3 is 15.0 Å². The Balaban J connectivity index is 1.43. The van der Waals surface area contributed by atoms with E-state index in [9.17, 15) is 14.0 Å². The summed E-state index contributed by atoms with van der Waals surface area (Å²) in [6.07, 6.45) is 2.85. The molecule has 3 heterocycles. The number of rotatable bonds is 5. The standard InChI is InChI=1S/C25H30ClFN4O3/c1-15-13-30(6-7-31(15)25(33)23-5-4-8-34-23)14-19-9-20(27)11-22(16(19)2)29-24(32)18-10-21(26)17(3)28-12-18/h9-12,15,23H,4-8,13-14H2,1-3H3,(H,29,32). The number of aromatic nitrogens is 1. The SMILES string of the molecule is Cc1ncc(C(=O)Nc2cc(F)cc(CN3CCN(C(=O)C4CCCO4)C(C)C3)c2C)cc1Cl. The van der Waals surface area contributed by atoms with E-state index in [0.717, 1.165) is 24.0 Å². The van der Waals surface area contributed by atoms with Crippen LogP contribution in [0.2, 0.25) is 5.02 Å². The first kappa shape index (κ1) is 24.6. The fraction of sp³-hybridized carbons (Fsp3) is 0.480. The van der Waals surface area contributed by atoms with E-state index in [0.29, 0.717) is 54.8 Å². The maximum Gasteiger partial charge on any atom is 0.257 e. The van der Waals surface area contributed by atoms with E-state index < -0.39 is 11.7 Å². The summed E-state index contributed by atoms with van der Waals surface area (Å²) in [5.74, 6) is -0.748. The third-order valence-corrected chi connectivity index (χ3v) is 6.99. The summed E-state index contributed by atoms with van der Waals surface area (Å²) in [6, 6.07) is 4.41. The van der Waals surface area contributed by atoms with Gasteiger partial charge in [-0.15, -0.1) is 0 Å². The smallest absolute Gasteiger partial charge is 0.257 e. The lowest BCUT2D eigenvalue weighted by Crippen LogP contribution is -2.55. The molecule has 2 amide bonds. The molecule has 2 aliphatic rings. The Hall–Kier alpha value is -2.55. The average molecular weight is 489 g/mol. The molecule has 2 aromatic rings. The minimum atomic E-state index is -0.420. The number of hydrogen-bond donors (Lipinski definition) is 1. The molecule has 2 atom stereocenters. The molecule has 0 radical (unpaired) electrons. The normalized spacial score (nSPS) is 21.0. The number of amides is 2. The Bertz CT molecular complexity index is 1090. The molecule has 2 saturated heterocycles. The molecule has 7 nitrogen and oxygen atoms in total. The van der Waals surface area contributed by atoms with Gasteiger partial charge in [-0.2, -0.15) is 0 Å². The van der Waals surface area contributed by atoms with Crippen LogP contribution in [0.25, 0.3) is 0 Å². The highest BCUT2D eigenvalue weighted by molar-refractivity contribution is 6.31. The molecule has 0 bridgehead atoms. The van der Waals surface area contributed by atoms with E-state index in [1.165, 1.54) is 18.3 Å². The van der Waals surface area contributed by atoms with Gasteiger partial charge in [0.25, 0.3) is 11.8 Å². The largest absolute Gasteiger partial charge is 0.368 e. The fourth-order valence-corrected chi connectivity index (χ4v) is 4.72. The number of aryl methyl sites for hydroxylation is 1. The molecule has 0 saturated carbocycles. The van der Waals surface area contributed by atoms with Crippen LogP contribution >= 0.6 is 11.6 Å². The first-order valence-corrected chi connectivity index (χ1v) is 12.0. The van der Waals surface area contributed by atoms with Crippen molar-refractivity contribution in [1.29, 1.82) is 0 Å². The van der Waals surface area contributed by atoms with Gasteiger partial charge in [0, 0.05) is 50.7 Å². The van der Waals surface area contributed by atoms with Crippen molar-refractivity contribution in [3.8, 4) is 0 Å². The number of hydrogen-bond acceptors (Lipinski definition) is 5. The monoisotopic (exact) mass is 488 g/mol. The minimum Gasteiger partial charge on any atom is -0.368 e. The van der Waals surface area contributed by atoms with Crippen molar-refractivity contribution in [3.63, 3.8) is 0 Å². The van der Waals surface area contributed by atoms with E-state index in [1.54, 1.807) is 13.0 Å². The van der Waals surface area contributed by atoms with Crippen LogP contribution in [0.5, 0.6) is 0 Å². The Morgan fingerprint density at radius 3 is 2.74 bits per heavy atom. The van der Waals surface area contributed by atoms with Gasteiger partial charge >= 0.3 is 0 Å². The van der Waals surface area contributed by atoms with Crippen LogP contribution in [-0.2, 0) is 16.1 Å². The molecule has 2 unspecified atom stereocenters. The number of ether oxygens (including phenoxy) is 1. The van der Waals surface area contributed by atoms with Crippen molar-refractivity contribution >= 4 is 29.1 Å². The fourth-order valence-electron chi connectivity index (χ4n) is 4.56. The average Bonchev–Trinajstić information content (AvgIpc) is 3.33. The lowest BCUT2D eigenvalue weighted by atomic mass is 10.0. The van der Waals surface area contributed by atoms with Crippen LogP contribution in [0, 0.1) is 19.7 Å².